The van der Waals surface area contributed by atoms with Crippen molar-refractivity contribution in [2.75, 3.05) is 13.2 Å². The summed E-state index contributed by atoms with van der Waals surface area (Å²) >= 11 is 0. The van der Waals surface area contributed by atoms with Crippen molar-refractivity contribution >= 4 is 10.0 Å². The molecule has 0 amide bonds. The molecule has 0 atom stereocenters. The van der Waals surface area contributed by atoms with E-state index in [9.17, 15) is 12.8 Å². The third kappa shape index (κ3) is 4.08. The first-order valence-corrected chi connectivity index (χ1v) is 8.76. The first kappa shape index (κ1) is 17.4. The molecule has 0 spiro atoms. The van der Waals surface area contributed by atoms with E-state index in [0.29, 0.717) is 30.0 Å². The fourth-order valence-electron chi connectivity index (χ4n) is 2.31. The average Bonchev–Trinajstić information content (AvgIpc) is 2.81. The maximum Gasteiger partial charge on any atom is 0.244 e. The van der Waals surface area contributed by atoms with Crippen LogP contribution < -0.4 is 9.46 Å². The minimum Gasteiger partial charge on any atom is -0.491 e. The SMILES string of the molecule is CCOc1ccc(CCNS(=O)(=O)c2c(C)n[nH]c2C)cc1F. The van der Waals surface area contributed by atoms with E-state index < -0.39 is 15.8 Å². The second-order valence-corrected chi connectivity index (χ2v) is 6.81. The van der Waals surface area contributed by atoms with Gasteiger partial charge in [-0.15, -0.1) is 0 Å². The van der Waals surface area contributed by atoms with E-state index >= 15 is 0 Å². The number of aromatic nitrogens is 2. The Morgan fingerprint density at radius 3 is 2.65 bits per heavy atom. The van der Waals surface area contributed by atoms with Crippen LogP contribution in [0.1, 0.15) is 23.9 Å². The Morgan fingerprint density at radius 1 is 1.35 bits per heavy atom. The van der Waals surface area contributed by atoms with Gasteiger partial charge in [-0.2, -0.15) is 5.10 Å². The molecule has 126 valence electrons. The molecule has 0 unspecified atom stereocenters. The van der Waals surface area contributed by atoms with Gasteiger partial charge in [0.05, 0.1) is 18.0 Å². The first-order valence-electron chi connectivity index (χ1n) is 7.27. The number of H-pyrrole nitrogens is 1. The summed E-state index contributed by atoms with van der Waals surface area (Å²) in [5.41, 5.74) is 1.60. The van der Waals surface area contributed by atoms with Gasteiger partial charge in [0.25, 0.3) is 0 Å². The molecular formula is C15H20FN3O3S. The van der Waals surface area contributed by atoms with Crippen LogP contribution in [0.15, 0.2) is 23.1 Å². The minimum absolute atomic E-state index is 0.162. The fraction of sp³-hybridized carbons (Fsp3) is 0.400. The number of ether oxygens (including phenoxy) is 1. The molecule has 1 heterocycles. The number of rotatable bonds is 7. The Bertz CT molecular complexity index is 768. The fourth-order valence-corrected chi connectivity index (χ4v) is 3.71. The smallest absolute Gasteiger partial charge is 0.244 e. The van der Waals surface area contributed by atoms with Crippen molar-refractivity contribution in [3.05, 3.63) is 41.0 Å². The van der Waals surface area contributed by atoms with Crippen LogP contribution in [0.4, 0.5) is 4.39 Å². The zero-order chi connectivity index (χ0) is 17.0. The first-order chi connectivity index (χ1) is 10.8. The molecule has 0 saturated carbocycles. The standard InChI is InChI=1S/C15H20FN3O3S/c1-4-22-14-6-5-12(9-13(14)16)7-8-17-23(20,21)15-10(2)18-19-11(15)3/h5-6,9,17H,4,7-8H2,1-3H3,(H,18,19). The summed E-state index contributed by atoms with van der Waals surface area (Å²) in [7, 11) is -3.64. The third-order valence-electron chi connectivity index (χ3n) is 3.33. The molecule has 0 aliphatic carbocycles. The van der Waals surface area contributed by atoms with Crippen molar-refractivity contribution in [2.24, 2.45) is 0 Å². The molecule has 0 saturated heterocycles. The lowest BCUT2D eigenvalue weighted by atomic mass is 10.1. The van der Waals surface area contributed by atoms with Crippen molar-refractivity contribution in [2.45, 2.75) is 32.1 Å². The summed E-state index contributed by atoms with van der Waals surface area (Å²) in [5, 5.41) is 6.52. The molecular weight excluding hydrogens is 321 g/mol. The van der Waals surface area contributed by atoms with Crippen LogP contribution in [0.5, 0.6) is 5.75 Å². The number of sulfonamides is 1. The van der Waals surface area contributed by atoms with E-state index in [1.165, 1.54) is 6.07 Å². The molecule has 23 heavy (non-hydrogen) atoms. The lowest BCUT2D eigenvalue weighted by Gasteiger charge is -2.09. The van der Waals surface area contributed by atoms with Crippen molar-refractivity contribution in [1.82, 2.24) is 14.9 Å². The Labute approximate surface area is 135 Å². The lowest BCUT2D eigenvalue weighted by Crippen LogP contribution is -2.26. The van der Waals surface area contributed by atoms with Crippen LogP contribution >= 0.6 is 0 Å². The second-order valence-electron chi connectivity index (χ2n) is 5.11. The minimum atomic E-state index is -3.64. The van der Waals surface area contributed by atoms with Gasteiger partial charge in [-0.3, -0.25) is 5.10 Å². The molecule has 0 fully saturated rings. The van der Waals surface area contributed by atoms with Crippen LogP contribution in [0.3, 0.4) is 0 Å². The molecule has 2 rings (SSSR count). The normalized spacial score (nSPS) is 11.7. The van der Waals surface area contributed by atoms with Gasteiger partial charge in [0.2, 0.25) is 10.0 Å². The number of aromatic amines is 1. The molecule has 0 aliphatic rings. The highest BCUT2D eigenvalue weighted by atomic mass is 32.2. The third-order valence-corrected chi connectivity index (χ3v) is 5.05. The number of hydrogen-bond donors (Lipinski definition) is 2. The Hall–Kier alpha value is -1.93. The van der Waals surface area contributed by atoms with Gasteiger partial charge in [-0.05, 0) is 44.9 Å². The van der Waals surface area contributed by atoms with E-state index in [1.807, 2.05) is 0 Å². The largest absolute Gasteiger partial charge is 0.491 e. The number of hydrogen-bond acceptors (Lipinski definition) is 4. The highest BCUT2D eigenvalue weighted by Gasteiger charge is 2.21. The van der Waals surface area contributed by atoms with Crippen molar-refractivity contribution in [3.63, 3.8) is 0 Å². The molecule has 1 aromatic heterocycles. The zero-order valence-electron chi connectivity index (χ0n) is 13.3. The Morgan fingerprint density at radius 2 is 2.09 bits per heavy atom. The van der Waals surface area contributed by atoms with E-state index in [2.05, 4.69) is 14.9 Å². The molecule has 2 N–H and O–H groups in total. The molecule has 1 aromatic carbocycles. The second kappa shape index (κ2) is 7.10. The summed E-state index contributed by atoms with van der Waals surface area (Å²) in [5.74, 6) is -0.254. The number of nitrogens with one attached hydrogen (secondary N) is 2. The van der Waals surface area contributed by atoms with Crippen molar-refractivity contribution < 1.29 is 17.5 Å². The van der Waals surface area contributed by atoms with E-state index in [0.717, 1.165) is 0 Å². The number of aryl methyl sites for hydroxylation is 2. The zero-order valence-corrected chi connectivity index (χ0v) is 14.1. The molecule has 0 radical (unpaired) electrons. The summed E-state index contributed by atoms with van der Waals surface area (Å²) in [6.45, 7) is 5.61. The van der Waals surface area contributed by atoms with Gasteiger partial charge in [0.1, 0.15) is 4.90 Å². The monoisotopic (exact) mass is 341 g/mol. The maximum absolute atomic E-state index is 13.8. The number of nitrogens with zero attached hydrogens (tertiary/aromatic N) is 1. The molecule has 0 aliphatic heterocycles. The van der Waals surface area contributed by atoms with E-state index in [-0.39, 0.29) is 17.2 Å². The van der Waals surface area contributed by atoms with E-state index in [1.54, 1.807) is 32.9 Å². The Kier molecular flexibility index (Phi) is 5.38. The van der Waals surface area contributed by atoms with Crippen LogP contribution in [-0.4, -0.2) is 31.8 Å². The molecule has 2 aromatic rings. The van der Waals surface area contributed by atoms with E-state index in [4.69, 9.17) is 4.74 Å². The summed E-state index contributed by atoms with van der Waals surface area (Å²) in [6.07, 6.45) is 0.374. The van der Waals surface area contributed by atoms with Crippen molar-refractivity contribution in [3.8, 4) is 5.75 Å². The average molecular weight is 341 g/mol. The van der Waals surface area contributed by atoms with Gasteiger partial charge < -0.3 is 4.74 Å². The molecule has 0 bridgehead atoms. The molecule has 6 nitrogen and oxygen atoms in total. The molecule has 8 heteroatoms. The summed E-state index contributed by atoms with van der Waals surface area (Å²) in [4.78, 5) is 0.162. The van der Waals surface area contributed by atoms with Gasteiger partial charge in [-0.1, -0.05) is 6.07 Å². The summed E-state index contributed by atoms with van der Waals surface area (Å²) in [6, 6.07) is 4.62. The number of benzene rings is 1. The quantitative estimate of drug-likeness (QED) is 0.808. The summed E-state index contributed by atoms with van der Waals surface area (Å²) < 4.78 is 45.9. The predicted octanol–water partition coefficient (Wildman–Crippen LogP) is 2.09. The van der Waals surface area contributed by atoms with Crippen LogP contribution in [0, 0.1) is 19.7 Å². The predicted molar refractivity (Wildman–Crippen MR) is 84.5 cm³/mol. The maximum atomic E-state index is 13.8. The van der Waals surface area contributed by atoms with Gasteiger partial charge in [-0.25, -0.2) is 17.5 Å². The highest BCUT2D eigenvalue weighted by Crippen LogP contribution is 2.19. The van der Waals surface area contributed by atoms with Crippen LogP contribution in [-0.2, 0) is 16.4 Å². The Balaban J connectivity index is 2.01. The van der Waals surface area contributed by atoms with Gasteiger partial charge in [0, 0.05) is 6.54 Å². The van der Waals surface area contributed by atoms with Crippen molar-refractivity contribution in [1.29, 1.82) is 0 Å². The topological polar surface area (TPSA) is 84.1 Å². The van der Waals surface area contributed by atoms with Crippen LogP contribution in [0.25, 0.3) is 0 Å². The van der Waals surface area contributed by atoms with Crippen LogP contribution in [0.2, 0.25) is 0 Å². The highest BCUT2D eigenvalue weighted by molar-refractivity contribution is 7.89. The van der Waals surface area contributed by atoms with Gasteiger partial charge in [0.15, 0.2) is 11.6 Å². The number of halogens is 1. The van der Waals surface area contributed by atoms with Gasteiger partial charge >= 0.3 is 0 Å². The lowest BCUT2D eigenvalue weighted by molar-refractivity contribution is 0.321.